The number of hydrogen-bond donors (Lipinski definition) is 0. The van der Waals surface area contributed by atoms with Gasteiger partial charge in [-0.15, -0.1) is 0 Å². The largest absolute Gasteiger partial charge is 0.309 e. The minimum Gasteiger partial charge on any atom is -0.309 e. The average Bonchev–Trinajstić information content (AvgIpc) is 3.95. The molecule has 1 atom stereocenters. The van der Waals surface area contributed by atoms with Crippen molar-refractivity contribution in [2.75, 3.05) is 4.90 Å². The van der Waals surface area contributed by atoms with Gasteiger partial charge in [-0.1, -0.05) is 183 Å². The Balaban J connectivity index is 1.18. The summed E-state index contributed by atoms with van der Waals surface area (Å²) in [5.74, 6) is 0. The molecule has 3 aliphatic carbocycles. The van der Waals surface area contributed by atoms with Crippen LogP contribution in [-0.2, 0) is 10.8 Å². The molecule has 3 aliphatic rings. The fraction of sp³-hybridized carbons (Fsp3) is 0.127. The second-order valence-corrected chi connectivity index (χ2v) is 16.1. The third kappa shape index (κ3) is 4.74. The maximum absolute atomic E-state index is 2.54. The predicted molar refractivity (Wildman–Crippen MR) is 234 cm³/mol. The highest BCUT2D eigenvalue weighted by atomic mass is 15.1. The molecule has 56 heavy (non-hydrogen) atoms. The number of hydrogen-bond acceptors (Lipinski definition) is 1. The Morgan fingerprint density at radius 3 is 1.68 bits per heavy atom. The summed E-state index contributed by atoms with van der Waals surface area (Å²) in [6.45, 7) is 2.41. The second-order valence-electron chi connectivity index (χ2n) is 16.1. The Morgan fingerprint density at radius 1 is 0.393 bits per heavy atom. The van der Waals surface area contributed by atoms with Crippen LogP contribution in [0.5, 0.6) is 0 Å². The number of benzene rings is 8. The van der Waals surface area contributed by atoms with E-state index >= 15 is 0 Å². The zero-order chi connectivity index (χ0) is 37.3. The van der Waals surface area contributed by atoms with E-state index in [9.17, 15) is 0 Å². The molecule has 1 spiro atoms. The first-order chi connectivity index (χ1) is 27.7. The summed E-state index contributed by atoms with van der Waals surface area (Å²) in [6, 6.07) is 72.5. The SMILES string of the molecule is CC1(c2ccccc2)c2ccccc2-c2ccc(N(c3ccccc3-c3ccccc3)c3ccccc3-c3cccc4c3-c3ccccc3C43CCCC3)cc21. The van der Waals surface area contributed by atoms with Gasteiger partial charge in [0.2, 0.25) is 0 Å². The van der Waals surface area contributed by atoms with Crippen LogP contribution in [0.25, 0.3) is 44.5 Å². The lowest BCUT2D eigenvalue weighted by Gasteiger charge is -2.33. The van der Waals surface area contributed by atoms with Gasteiger partial charge in [-0.2, -0.15) is 0 Å². The van der Waals surface area contributed by atoms with Crippen LogP contribution in [0.4, 0.5) is 17.1 Å². The Hall–Kier alpha value is -6.44. The lowest BCUT2D eigenvalue weighted by molar-refractivity contribution is 0.550. The van der Waals surface area contributed by atoms with Crippen molar-refractivity contribution in [3.63, 3.8) is 0 Å². The standard InChI is InChI=1S/C55H43N/c1-54(39-21-6-3-7-22-39)47-28-12-8-24-42(47)43-34-33-40(37-50(43)54)56(51-31-14-10-23-41(51)38-19-4-2-5-20-38)52-32-15-11-25-44(52)45-27-18-30-49-53(45)46-26-9-13-29-48(46)55(49)35-16-17-36-55/h2-15,18-34,37H,16-17,35-36H2,1H3. The summed E-state index contributed by atoms with van der Waals surface area (Å²) in [4.78, 5) is 2.54. The number of anilines is 3. The van der Waals surface area contributed by atoms with E-state index in [0.717, 1.165) is 11.4 Å². The average molecular weight is 718 g/mol. The van der Waals surface area contributed by atoms with E-state index in [0.29, 0.717) is 0 Å². The fourth-order valence-corrected chi connectivity index (χ4v) is 10.8. The van der Waals surface area contributed by atoms with E-state index in [1.807, 2.05) is 0 Å². The Labute approximate surface area is 330 Å². The maximum atomic E-state index is 2.54. The van der Waals surface area contributed by atoms with Crippen LogP contribution < -0.4 is 4.90 Å². The molecule has 0 N–H and O–H groups in total. The van der Waals surface area contributed by atoms with Crippen LogP contribution in [0.3, 0.4) is 0 Å². The van der Waals surface area contributed by atoms with Gasteiger partial charge in [-0.05, 0) is 105 Å². The third-order valence-corrected chi connectivity index (χ3v) is 13.3. The van der Waals surface area contributed by atoms with Crippen molar-refractivity contribution < 1.29 is 0 Å². The third-order valence-electron chi connectivity index (χ3n) is 13.3. The molecule has 1 heteroatoms. The molecular formula is C55H43N. The number of nitrogens with zero attached hydrogens (tertiary/aromatic N) is 1. The van der Waals surface area contributed by atoms with Crippen molar-refractivity contribution >= 4 is 17.1 Å². The van der Waals surface area contributed by atoms with Gasteiger partial charge < -0.3 is 4.90 Å². The Bertz CT molecular complexity index is 2770. The van der Waals surface area contributed by atoms with Crippen LogP contribution in [0.15, 0.2) is 194 Å². The number of para-hydroxylation sites is 2. The normalized spacial score (nSPS) is 16.9. The molecule has 0 aromatic heterocycles. The molecule has 0 heterocycles. The smallest absolute Gasteiger partial charge is 0.0540 e. The van der Waals surface area contributed by atoms with Crippen LogP contribution in [0, 0.1) is 0 Å². The maximum Gasteiger partial charge on any atom is 0.0540 e. The van der Waals surface area contributed by atoms with Gasteiger partial charge in [-0.3, -0.25) is 0 Å². The van der Waals surface area contributed by atoms with E-state index in [2.05, 4.69) is 206 Å². The lowest BCUT2D eigenvalue weighted by Crippen LogP contribution is -2.23. The second kappa shape index (κ2) is 12.8. The topological polar surface area (TPSA) is 3.24 Å². The van der Waals surface area contributed by atoms with E-state index in [1.165, 1.54) is 104 Å². The van der Waals surface area contributed by atoms with E-state index in [4.69, 9.17) is 0 Å². The Kier molecular flexibility index (Phi) is 7.54. The van der Waals surface area contributed by atoms with Crippen molar-refractivity contribution in [3.05, 3.63) is 222 Å². The molecule has 0 bridgehead atoms. The van der Waals surface area contributed by atoms with Crippen molar-refractivity contribution in [1.82, 2.24) is 0 Å². The molecule has 1 saturated carbocycles. The summed E-state index contributed by atoms with van der Waals surface area (Å²) in [5.41, 5.74) is 20.7. The molecule has 0 amide bonds. The summed E-state index contributed by atoms with van der Waals surface area (Å²) < 4.78 is 0. The van der Waals surface area contributed by atoms with E-state index in [-0.39, 0.29) is 10.8 Å². The molecule has 0 aliphatic heterocycles. The minimum atomic E-state index is -0.313. The van der Waals surface area contributed by atoms with E-state index in [1.54, 1.807) is 0 Å². The Morgan fingerprint density at radius 2 is 0.929 bits per heavy atom. The predicted octanol–water partition coefficient (Wildman–Crippen LogP) is 14.7. The summed E-state index contributed by atoms with van der Waals surface area (Å²) in [5, 5.41) is 0. The molecule has 11 rings (SSSR count). The van der Waals surface area contributed by atoms with Crippen LogP contribution in [-0.4, -0.2) is 0 Å². The molecular weight excluding hydrogens is 675 g/mol. The molecule has 268 valence electrons. The molecule has 0 radical (unpaired) electrons. The highest BCUT2D eigenvalue weighted by Gasteiger charge is 2.46. The first-order valence-corrected chi connectivity index (χ1v) is 20.2. The van der Waals surface area contributed by atoms with Gasteiger partial charge in [0.05, 0.1) is 11.4 Å². The molecule has 8 aromatic carbocycles. The van der Waals surface area contributed by atoms with Crippen molar-refractivity contribution in [2.45, 2.75) is 43.4 Å². The quantitative estimate of drug-likeness (QED) is 0.166. The lowest BCUT2D eigenvalue weighted by atomic mass is 9.74. The van der Waals surface area contributed by atoms with Gasteiger partial charge in [0, 0.05) is 27.6 Å². The van der Waals surface area contributed by atoms with E-state index < -0.39 is 0 Å². The van der Waals surface area contributed by atoms with Crippen LogP contribution >= 0.6 is 0 Å². The van der Waals surface area contributed by atoms with Gasteiger partial charge >= 0.3 is 0 Å². The van der Waals surface area contributed by atoms with Gasteiger partial charge in [0.1, 0.15) is 0 Å². The highest BCUT2D eigenvalue weighted by molar-refractivity contribution is 6.00. The van der Waals surface area contributed by atoms with Gasteiger partial charge in [-0.25, -0.2) is 0 Å². The van der Waals surface area contributed by atoms with Gasteiger partial charge in [0.25, 0.3) is 0 Å². The zero-order valence-corrected chi connectivity index (χ0v) is 31.8. The summed E-state index contributed by atoms with van der Waals surface area (Å²) >= 11 is 0. The highest BCUT2D eigenvalue weighted by Crippen LogP contribution is 2.60. The number of fused-ring (bicyclic) bond motifs is 8. The van der Waals surface area contributed by atoms with Crippen LogP contribution in [0.1, 0.15) is 60.4 Å². The summed E-state index contributed by atoms with van der Waals surface area (Å²) in [7, 11) is 0. The van der Waals surface area contributed by atoms with Crippen molar-refractivity contribution in [1.29, 1.82) is 0 Å². The molecule has 1 fully saturated rings. The zero-order valence-electron chi connectivity index (χ0n) is 31.8. The molecule has 1 nitrogen and oxygen atoms in total. The molecule has 0 saturated heterocycles. The number of rotatable bonds is 6. The van der Waals surface area contributed by atoms with Crippen LogP contribution in [0.2, 0.25) is 0 Å². The van der Waals surface area contributed by atoms with Gasteiger partial charge in [0.15, 0.2) is 0 Å². The minimum absolute atomic E-state index is 0.105. The monoisotopic (exact) mass is 717 g/mol. The van der Waals surface area contributed by atoms with Crippen molar-refractivity contribution in [3.8, 4) is 44.5 Å². The fourth-order valence-electron chi connectivity index (χ4n) is 10.8. The molecule has 8 aromatic rings. The summed E-state index contributed by atoms with van der Waals surface area (Å²) in [6.07, 6.45) is 5.00. The van der Waals surface area contributed by atoms with Crippen molar-refractivity contribution in [2.24, 2.45) is 0 Å². The molecule has 1 unspecified atom stereocenters. The first kappa shape index (κ1) is 32.9. The first-order valence-electron chi connectivity index (χ1n) is 20.2.